The number of carbonyl (C=O) groups is 1. The summed E-state index contributed by atoms with van der Waals surface area (Å²) in [7, 11) is 0. The molecule has 1 saturated heterocycles. The molecule has 0 aromatic heterocycles. The summed E-state index contributed by atoms with van der Waals surface area (Å²) in [6.07, 6.45) is 0. The first-order chi connectivity index (χ1) is 8.75. The number of thioether (sulfide) groups is 1. The SMILES string of the molecule is O=C(NCCN1CCSCC1)c1ccc(O)cc1. The van der Waals surface area contributed by atoms with E-state index in [0.717, 1.165) is 19.6 Å². The molecular formula is C13H18N2O2S. The van der Waals surface area contributed by atoms with Crippen LogP contribution in [-0.2, 0) is 0 Å². The van der Waals surface area contributed by atoms with E-state index in [2.05, 4.69) is 10.2 Å². The minimum atomic E-state index is -0.0821. The van der Waals surface area contributed by atoms with Gasteiger partial charge in [-0.1, -0.05) is 0 Å². The highest BCUT2D eigenvalue weighted by Crippen LogP contribution is 2.10. The van der Waals surface area contributed by atoms with Crippen molar-refractivity contribution < 1.29 is 9.90 Å². The van der Waals surface area contributed by atoms with E-state index in [1.54, 1.807) is 12.1 Å². The van der Waals surface area contributed by atoms with Crippen molar-refractivity contribution in [3.8, 4) is 5.75 Å². The van der Waals surface area contributed by atoms with Crippen molar-refractivity contribution in [2.24, 2.45) is 0 Å². The number of aromatic hydroxyl groups is 1. The molecule has 5 heteroatoms. The van der Waals surface area contributed by atoms with Gasteiger partial charge in [-0.25, -0.2) is 0 Å². The molecule has 0 aliphatic carbocycles. The highest BCUT2D eigenvalue weighted by molar-refractivity contribution is 7.99. The Morgan fingerprint density at radius 1 is 1.28 bits per heavy atom. The van der Waals surface area contributed by atoms with E-state index in [0.29, 0.717) is 12.1 Å². The molecule has 1 fully saturated rings. The quantitative estimate of drug-likeness (QED) is 0.859. The molecule has 0 radical (unpaired) electrons. The summed E-state index contributed by atoms with van der Waals surface area (Å²) < 4.78 is 0. The van der Waals surface area contributed by atoms with Gasteiger partial charge in [-0.3, -0.25) is 9.69 Å². The van der Waals surface area contributed by atoms with Gasteiger partial charge in [0.05, 0.1) is 0 Å². The van der Waals surface area contributed by atoms with E-state index < -0.39 is 0 Å². The smallest absolute Gasteiger partial charge is 0.251 e. The Morgan fingerprint density at radius 3 is 2.61 bits per heavy atom. The minimum Gasteiger partial charge on any atom is -0.508 e. The van der Waals surface area contributed by atoms with E-state index in [4.69, 9.17) is 5.11 Å². The van der Waals surface area contributed by atoms with Crippen LogP contribution in [0.25, 0.3) is 0 Å². The third-order valence-corrected chi connectivity index (χ3v) is 3.89. The Kier molecular flexibility index (Phi) is 4.90. The number of hydrogen-bond donors (Lipinski definition) is 2. The van der Waals surface area contributed by atoms with E-state index in [-0.39, 0.29) is 11.7 Å². The Morgan fingerprint density at radius 2 is 1.94 bits per heavy atom. The van der Waals surface area contributed by atoms with Crippen LogP contribution in [-0.4, -0.2) is 53.6 Å². The lowest BCUT2D eigenvalue weighted by Crippen LogP contribution is -2.39. The molecule has 1 heterocycles. The van der Waals surface area contributed by atoms with Crippen LogP contribution in [0.5, 0.6) is 5.75 Å². The number of hydrogen-bond acceptors (Lipinski definition) is 4. The fourth-order valence-corrected chi connectivity index (χ4v) is 2.85. The Hall–Kier alpha value is -1.20. The summed E-state index contributed by atoms with van der Waals surface area (Å²) in [6.45, 7) is 3.80. The van der Waals surface area contributed by atoms with Crippen LogP contribution < -0.4 is 5.32 Å². The molecule has 18 heavy (non-hydrogen) atoms. The van der Waals surface area contributed by atoms with Gasteiger partial charge >= 0.3 is 0 Å². The fourth-order valence-electron chi connectivity index (χ4n) is 1.87. The average molecular weight is 266 g/mol. The van der Waals surface area contributed by atoms with Crippen LogP contribution in [0.4, 0.5) is 0 Å². The molecule has 4 nitrogen and oxygen atoms in total. The van der Waals surface area contributed by atoms with E-state index in [9.17, 15) is 4.79 Å². The number of rotatable bonds is 4. The van der Waals surface area contributed by atoms with Crippen LogP contribution in [0.2, 0.25) is 0 Å². The number of carbonyl (C=O) groups excluding carboxylic acids is 1. The molecule has 98 valence electrons. The predicted octanol–water partition coefficient (Wildman–Crippen LogP) is 1.17. The highest BCUT2D eigenvalue weighted by Gasteiger charge is 2.10. The van der Waals surface area contributed by atoms with Gasteiger partial charge in [0.15, 0.2) is 0 Å². The molecule has 1 aromatic carbocycles. The van der Waals surface area contributed by atoms with Gasteiger partial charge in [0.1, 0.15) is 5.75 Å². The number of benzene rings is 1. The van der Waals surface area contributed by atoms with Gasteiger partial charge in [-0.2, -0.15) is 11.8 Å². The molecule has 0 spiro atoms. The summed E-state index contributed by atoms with van der Waals surface area (Å²) in [5.74, 6) is 2.47. The first-order valence-corrected chi connectivity index (χ1v) is 7.28. The summed E-state index contributed by atoms with van der Waals surface area (Å²) in [4.78, 5) is 14.2. The van der Waals surface area contributed by atoms with Crippen molar-refractivity contribution in [2.45, 2.75) is 0 Å². The van der Waals surface area contributed by atoms with Crippen LogP contribution in [0.1, 0.15) is 10.4 Å². The number of phenolic OH excluding ortho intramolecular Hbond substituents is 1. The lowest BCUT2D eigenvalue weighted by molar-refractivity contribution is 0.0949. The third-order valence-electron chi connectivity index (χ3n) is 2.95. The van der Waals surface area contributed by atoms with Crippen LogP contribution in [0.15, 0.2) is 24.3 Å². The van der Waals surface area contributed by atoms with Gasteiger partial charge in [-0.05, 0) is 24.3 Å². The zero-order valence-corrected chi connectivity index (χ0v) is 11.1. The topological polar surface area (TPSA) is 52.6 Å². The van der Waals surface area contributed by atoms with Crippen molar-refractivity contribution >= 4 is 17.7 Å². The molecule has 0 bridgehead atoms. The Balaban J connectivity index is 1.72. The zero-order valence-electron chi connectivity index (χ0n) is 10.3. The lowest BCUT2D eigenvalue weighted by Gasteiger charge is -2.25. The molecule has 1 aliphatic heterocycles. The zero-order chi connectivity index (χ0) is 12.8. The van der Waals surface area contributed by atoms with Gasteiger partial charge in [0.2, 0.25) is 0 Å². The average Bonchev–Trinajstić information content (AvgIpc) is 2.40. The molecule has 0 atom stereocenters. The van der Waals surface area contributed by atoms with E-state index in [1.165, 1.54) is 23.6 Å². The predicted molar refractivity (Wildman–Crippen MR) is 74.2 cm³/mol. The van der Waals surface area contributed by atoms with Gasteiger partial charge < -0.3 is 10.4 Å². The molecule has 1 amide bonds. The van der Waals surface area contributed by atoms with Gasteiger partial charge in [-0.15, -0.1) is 0 Å². The van der Waals surface area contributed by atoms with E-state index in [1.807, 2.05) is 11.8 Å². The van der Waals surface area contributed by atoms with Crippen LogP contribution in [0.3, 0.4) is 0 Å². The van der Waals surface area contributed by atoms with E-state index >= 15 is 0 Å². The molecular weight excluding hydrogens is 248 g/mol. The van der Waals surface area contributed by atoms with Crippen LogP contribution in [0, 0.1) is 0 Å². The second kappa shape index (κ2) is 6.66. The van der Waals surface area contributed by atoms with Crippen molar-refractivity contribution in [1.82, 2.24) is 10.2 Å². The van der Waals surface area contributed by atoms with Gasteiger partial charge in [0, 0.05) is 43.2 Å². The summed E-state index contributed by atoms with van der Waals surface area (Å²) in [5.41, 5.74) is 0.585. The number of nitrogens with one attached hydrogen (secondary N) is 1. The number of amides is 1. The van der Waals surface area contributed by atoms with Gasteiger partial charge in [0.25, 0.3) is 5.91 Å². The Bertz CT molecular complexity index is 388. The maximum atomic E-state index is 11.8. The second-order valence-electron chi connectivity index (χ2n) is 4.26. The summed E-state index contributed by atoms with van der Waals surface area (Å²) in [5, 5.41) is 12.0. The maximum absolute atomic E-state index is 11.8. The Labute approximate surface area is 111 Å². The summed E-state index contributed by atoms with van der Waals surface area (Å²) >= 11 is 1.98. The molecule has 0 unspecified atom stereocenters. The minimum absolute atomic E-state index is 0.0821. The normalized spacial score (nSPS) is 16.4. The standard InChI is InChI=1S/C13H18N2O2S/c16-12-3-1-11(2-4-12)13(17)14-5-6-15-7-9-18-10-8-15/h1-4,16H,5-10H2,(H,14,17). The van der Waals surface area contributed by atoms with Crippen molar-refractivity contribution in [1.29, 1.82) is 0 Å². The molecule has 2 N–H and O–H groups in total. The lowest BCUT2D eigenvalue weighted by atomic mass is 10.2. The molecule has 2 rings (SSSR count). The number of phenols is 1. The fraction of sp³-hybridized carbons (Fsp3) is 0.462. The van der Waals surface area contributed by atoms with Crippen molar-refractivity contribution in [3.05, 3.63) is 29.8 Å². The molecule has 1 aromatic rings. The first kappa shape index (κ1) is 13.2. The highest BCUT2D eigenvalue weighted by atomic mass is 32.2. The second-order valence-corrected chi connectivity index (χ2v) is 5.48. The van der Waals surface area contributed by atoms with Crippen molar-refractivity contribution in [2.75, 3.05) is 37.7 Å². The molecule has 0 saturated carbocycles. The van der Waals surface area contributed by atoms with Crippen molar-refractivity contribution in [3.63, 3.8) is 0 Å². The number of nitrogens with zero attached hydrogens (tertiary/aromatic N) is 1. The summed E-state index contributed by atoms with van der Waals surface area (Å²) in [6, 6.07) is 6.30. The third kappa shape index (κ3) is 3.92. The monoisotopic (exact) mass is 266 g/mol. The molecule has 1 aliphatic rings. The largest absolute Gasteiger partial charge is 0.508 e. The van der Waals surface area contributed by atoms with Crippen LogP contribution >= 0.6 is 11.8 Å². The first-order valence-electron chi connectivity index (χ1n) is 6.13. The maximum Gasteiger partial charge on any atom is 0.251 e.